The molecule has 2 atom stereocenters. The fraction of sp³-hybridized carbons (Fsp3) is 0.550. The monoisotopic (exact) mass is 354 g/mol. The van der Waals surface area contributed by atoms with E-state index in [4.69, 9.17) is 4.99 Å². The third kappa shape index (κ3) is 4.42. The second kappa shape index (κ2) is 8.34. The van der Waals surface area contributed by atoms with Crippen molar-refractivity contribution in [3.8, 4) is 0 Å². The fourth-order valence-electron chi connectivity index (χ4n) is 3.32. The number of aliphatic imine (C=N–C) groups is 1. The maximum Gasteiger partial charge on any atom is 0.191 e. The summed E-state index contributed by atoms with van der Waals surface area (Å²) in [6, 6.07) is 8.88. The number of benzene rings is 1. The average molecular weight is 355 g/mol. The van der Waals surface area contributed by atoms with Gasteiger partial charge >= 0.3 is 0 Å². The Hall–Kier alpha value is -2.37. The lowest BCUT2D eigenvalue weighted by atomic mass is 10.0. The molecule has 1 aromatic heterocycles. The molecule has 0 spiro atoms. The van der Waals surface area contributed by atoms with Crippen LogP contribution >= 0.6 is 0 Å². The van der Waals surface area contributed by atoms with Crippen molar-refractivity contribution in [2.24, 2.45) is 4.99 Å². The van der Waals surface area contributed by atoms with Crippen LogP contribution in [-0.2, 0) is 6.54 Å². The van der Waals surface area contributed by atoms with E-state index in [1.54, 1.807) is 0 Å². The van der Waals surface area contributed by atoms with Gasteiger partial charge in [0.1, 0.15) is 11.6 Å². The van der Waals surface area contributed by atoms with Crippen LogP contribution in [-0.4, -0.2) is 33.8 Å². The molecule has 0 radical (unpaired) electrons. The Morgan fingerprint density at radius 1 is 1.31 bits per heavy atom. The summed E-state index contributed by atoms with van der Waals surface area (Å²) in [5.74, 6) is 3.09. The minimum Gasteiger partial charge on any atom is -0.357 e. The van der Waals surface area contributed by atoms with E-state index in [1.165, 1.54) is 11.1 Å². The van der Waals surface area contributed by atoms with Crippen molar-refractivity contribution in [1.29, 1.82) is 0 Å². The molecule has 3 rings (SSSR count). The maximum atomic E-state index is 4.82. The summed E-state index contributed by atoms with van der Waals surface area (Å²) >= 11 is 0. The highest BCUT2D eigenvalue weighted by Gasteiger charge is 2.24. The topological polar surface area (TPSA) is 67.1 Å². The molecule has 0 saturated carbocycles. The Balaban J connectivity index is 1.69. The Morgan fingerprint density at radius 2 is 2.08 bits per heavy atom. The summed E-state index contributed by atoms with van der Waals surface area (Å²) in [4.78, 5) is 9.43. The van der Waals surface area contributed by atoms with Crippen molar-refractivity contribution >= 4 is 5.96 Å². The van der Waals surface area contributed by atoms with Crippen LogP contribution in [0.25, 0.3) is 0 Å². The van der Waals surface area contributed by atoms with Crippen LogP contribution in [0.4, 0.5) is 0 Å². The molecule has 1 aliphatic heterocycles. The zero-order valence-electron chi connectivity index (χ0n) is 16.3. The van der Waals surface area contributed by atoms with Crippen LogP contribution in [0.1, 0.15) is 61.4 Å². The standard InChI is InChI=1S/C20H30N6/c1-5-21-20(22-13-15(3)17-10-8-14(2)9-11-17)24-18-7-6-12-26-19(18)23-16(4)25-26/h8-11,15,18H,5-7,12-13H2,1-4H3,(H2,21,22,24). The van der Waals surface area contributed by atoms with Gasteiger partial charge in [-0.25, -0.2) is 9.67 Å². The van der Waals surface area contributed by atoms with Crippen LogP contribution in [0.15, 0.2) is 29.3 Å². The Bertz CT molecular complexity index is 746. The lowest BCUT2D eigenvalue weighted by Crippen LogP contribution is -2.41. The molecule has 1 aliphatic rings. The number of aryl methyl sites for hydroxylation is 3. The number of hydrogen-bond donors (Lipinski definition) is 2. The van der Waals surface area contributed by atoms with Gasteiger partial charge in [-0.3, -0.25) is 4.99 Å². The molecule has 0 saturated heterocycles. The minimum absolute atomic E-state index is 0.164. The average Bonchev–Trinajstić information content (AvgIpc) is 3.01. The first-order chi connectivity index (χ1) is 12.6. The van der Waals surface area contributed by atoms with Crippen LogP contribution in [0.5, 0.6) is 0 Å². The molecule has 6 heteroatoms. The van der Waals surface area contributed by atoms with Crippen molar-refractivity contribution in [2.45, 2.75) is 59.0 Å². The van der Waals surface area contributed by atoms with Gasteiger partial charge in [0.2, 0.25) is 0 Å². The molecule has 2 N–H and O–H groups in total. The zero-order chi connectivity index (χ0) is 18.5. The highest BCUT2D eigenvalue weighted by molar-refractivity contribution is 5.80. The summed E-state index contributed by atoms with van der Waals surface area (Å²) in [6.07, 6.45) is 2.16. The predicted octanol–water partition coefficient (Wildman–Crippen LogP) is 3.09. The highest BCUT2D eigenvalue weighted by Crippen LogP contribution is 2.23. The van der Waals surface area contributed by atoms with Gasteiger partial charge in [-0.1, -0.05) is 36.8 Å². The fourth-order valence-corrected chi connectivity index (χ4v) is 3.32. The maximum absolute atomic E-state index is 4.82. The van der Waals surface area contributed by atoms with E-state index in [0.29, 0.717) is 5.92 Å². The van der Waals surface area contributed by atoms with Gasteiger partial charge in [-0.05, 0) is 39.2 Å². The van der Waals surface area contributed by atoms with E-state index >= 15 is 0 Å². The molecule has 0 amide bonds. The summed E-state index contributed by atoms with van der Waals surface area (Å²) in [7, 11) is 0. The van der Waals surface area contributed by atoms with Gasteiger partial charge in [0.25, 0.3) is 0 Å². The van der Waals surface area contributed by atoms with E-state index in [2.05, 4.69) is 65.8 Å². The molecule has 2 unspecified atom stereocenters. The Kier molecular flexibility index (Phi) is 5.91. The van der Waals surface area contributed by atoms with Gasteiger partial charge in [0.15, 0.2) is 5.96 Å². The normalized spacial score (nSPS) is 18.3. The number of hydrogen-bond acceptors (Lipinski definition) is 3. The van der Waals surface area contributed by atoms with Gasteiger partial charge in [-0.15, -0.1) is 0 Å². The highest BCUT2D eigenvalue weighted by atomic mass is 15.4. The Labute approximate surface area is 156 Å². The summed E-state index contributed by atoms with van der Waals surface area (Å²) < 4.78 is 2.02. The first kappa shape index (κ1) is 18.4. The van der Waals surface area contributed by atoms with Crippen molar-refractivity contribution in [3.05, 3.63) is 47.0 Å². The first-order valence-electron chi connectivity index (χ1n) is 9.59. The molecular formula is C20H30N6. The zero-order valence-corrected chi connectivity index (χ0v) is 16.3. The van der Waals surface area contributed by atoms with Crippen molar-refractivity contribution < 1.29 is 0 Å². The third-order valence-electron chi connectivity index (χ3n) is 4.81. The van der Waals surface area contributed by atoms with Crippen LogP contribution in [0.3, 0.4) is 0 Å². The first-order valence-corrected chi connectivity index (χ1v) is 9.59. The molecule has 0 fully saturated rings. The molecule has 1 aromatic carbocycles. The van der Waals surface area contributed by atoms with Gasteiger partial charge in [0.05, 0.1) is 6.04 Å². The van der Waals surface area contributed by atoms with Crippen molar-refractivity contribution in [1.82, 2.24) is 25.4 Å². The summed E-state index contributed by atoms with van der Waals surface area (Å²) in [6.45, 7) is 10.9. The molecular weight excluding hydrogens is 324 g/mol. The van der Waals surface area contributed by atoms with Crippen LogP contribution in [0, 0.1) is 13.8 Å². The number of aromatic nitrogens is 3. The van der Waals surface area contributed by atoms with Gasteiger partial charge in [-0.2, -0.15) is 5.10 Å². The number of fused-ring (bicyclic) bond motifs is 1. The molecule has 0 bridgehead atoms. The van der Waals surface area contributed by atoms with Crippen molar-refractivity contribution in [2.75, 3.05) is 13.1 Å². The lowest BCUT2D eigenvalue weighted by molar-refractivity contribution is 0.397. The molecule has 6 nitrogen and oxygen atoms in total. The smallest absolute Gasteiger partial charge is 0.191 e. The Morgan fingerprint density at radius 3 is 2.81 bits per heavy atom. The third-order valence-corrected chi connectivity index (χ3v) is 4.81. The quantitative estimate of drug-likeness (QED) is 0.640. The minimum atomic E-state index is 0.164. The van der Waals surface area contributed by atoms with E-state index in [0.717, 1.165) is 50.1 Å². The largest absolute Gasteiger partial charge is 0.357 e. The number of nitrogens with zero attached hydrogens (tertiary/aromatic N) is 4. The van der Waals surface area contributed by atoms with E-state index in [-0.39, 0.29) is 6.04 Å². The van der Waals surface area contributed by atoms with Gasteiger partial charge in [0, 0.05) is 25.6 Å². The van der Waals surface area contributed by atoms with Crippen LogP contribution in [0.2, 0.25) is 0 Å². The molecule has 2 heterocycles. The molecule has 0 aliphatic carbocycles. The second-order valence-electron chi connectivity index (χ2n) is 7.11. The lowest BCUT2D eigenvalue weighted by Gasteiger charge is -2.25. The molecule has 26 heavy (non-hydrogen) atoms. The predicted molar refractivity (Wildman–Crippen MR) is 105 cm³/mol. The van der Waals surface area contributed by atoms with Crippen LogP contribution < -0.4 is 10.6 Å². The van der Waals surface area contributed by atoms with E-state index < -0.39 is 0 Å². The molecule has 2 aromatic rings. The van der Waals surface area contributed by atoms with Gasteiger partial charge < -0.3 is 10.6 Å². The van der Waals surface area contributed by atoms with Crippen molar-refractivity contribution in [3.63, 3.8) is 0 Å². The summed E-state index contributed by atoms with van der Waals surface area (Å²) in [5.41, 5.74) is 2.61. The number of rotatable bonds is 5. The van der Waals surface area contributed by atoms with E-state index in [9.17, 15) is 0 Å². The number of nitrogens with one attached hydrogen (secondary N) is 2. The number of guanidine groups is 1. The summed E-state index contributed by atoms with van der Waals surface area (Å²) in [5, 5.41) is 11.4. The SMILES string of the molecule is CCNC(=NCC(C)c1ccc(C)cc1)NC1CCCn2nc(C)nc21. The van der Waals surface area contributed by atoms with E-state index in [1.807, 2.05) is 11.6 Å². The molecule has 140 valence electrons. The second-order valence-corrected chi connectivity index (χ2v) is 7.11.